The Morgan fingerprint density at radius 3 is 1.52 bits per heavy atom. The molecule has 0 aliphatic heterocycles. The average Bonchev–Trinajstić information content (AvgIpc) is 4.02. The maximum absolute atomic E-state index is 11.2. The molecule has 5 heterocycles. The Hall–Kier alpha value is -6.19. The van der Waals surface area contributed by atoms with E-state index in [1.54, 1.807) is 61.6 Å². The minimum atomic E-state index is -0.454. The van der Waals surface area contributed by atoms with Crippen LogP contribution >= 0.6 is 11.6 Å². The Bertz CT molecular complexity index is 1770. The van der Waals surface area contributed by atoms with E-state index in [0.717, 1.165) is 30.4 Å². The van der Waals surface area contributed by atoms with Gasteiger partial charge in [-0.25, -0.2) is 34.5 Å². The lowest BCUT2D eigenvalue weighted by Crippen LogP contribution is -2.04. The van der Waals surface area contributed by atoms with E-state index in [2.05, 4.69) is 34.4 Å². The van der Waals surface area contributed by atoms with Gasteiger partial charge in [0.1, 0.15) is 36.8 Å². The molecule has 0 fully saturated rings. The number of nitrogens with two attached hydrogens (primary N) is 1. The highest BCUT2D eigenvalue weighted by molar-refractivity contribution is 6.16. The molecule has 0 saturated carbocycles. The molecule has 6 aromatic rings. The third kappa shape index (κ3) is 14.3. The number of alkyl halides is 1. The number of anilines is 1. The van der Waals surface area contributed by atoms with E-state index in [1.807, 2.05) is 18.2 Å². The van der Waals surface area contributed by atoms with Crippen LogP contribution in [0.2, 0.25) is 0 Å². The molecule has 5 aromatic heterocycles. The van der Waals surface area contributed by atoms with E-state index in [1.165, 1.54) is 32.7 Å². The summed E-state index contributed by atoms with van der Waals surface area (Å²) in [7, 11) is 2.64. The van der Waals surface area contributed by atoms with Crippen molar-refractivity contribution in [2.24, 2.45) is 0 Å². The number of hydrogen-bond acceptors (Lipinski definition) is 15. The van der Waals surface area contributed by atoms with Crippen molar-refractivity contribution in [3.63, 3.8) is 0 Å². The van der Waals surface area contributed by atoms with Crippen LogP contribution in [0.5, 0.6) is 0 Å². The van der Waals surface area contributed by atoms with E-state index in [-0.39, 0.29) is 11.5 Å². The van der Waals surface area contributed by atoms with Gasteiger partial charge in [0.15, 0.2) is 17.6 Å². The van der Waals surface area contributed by atoms with Gasteiger partial charge in [-0.1, -0.05) is 30.3 Å². The van der Waals surface area contributed by atoms with E-state index in [4.69, 9.17) is 35.7 Å². The number of halogens is 1. The summed E-state index contributed by atoms with van der Waals surface area (Å²) in [5.41, 5.74) is 9.12. The predicted molar refractivity (Wildman–Crippen MR) is 187 cm³/mol. The largest absolute Gasteiger partial charge is 0.464 e. The molecule has 0 radical (unpaired) electrons. The van der Waals surface area contributed by atoms with Gasteiger partial charge in [-0.15, -0.1) is 11.6 Å². The van der Waals surface area contributed by atoms with Gasteiger partial charge < -0.3 is 33.6 Å². The Morgan fingerprint density at radius 1 is 0.654 bits per heavy atom. The molecule has 0 atom stereocenters. The summed E-state index contributed by atoms with van der Waals surface area (Å²) in [5.74, 6) is 1.19. The van der Waals surface area contributed by atoms with Gasteiger partial charge in [0.2, 0.25) is 5.89 Å². The van der Waals surface area contributed by atoms with Gasteiger partial charge >= 0.3 is 11.9 Å². The van der Waals surface area contributed by atoms with E-state index >= 15 is 0 Å². The molecule has 0 spiro atoms. The highest BCUT2D eigenvalue weighted by Crippen LogP contribution is 2.09. The van der Waals surface area contributed by atoms with Crippen molar-refractivity contribution in [2.75, 3.05) is 26.6 Å². The number of hydrogen-bond donors (Lipinski definition) is 2. The predicted octanol–water partition coefficient (Wildman–Crippen LogP) is 5.14. The average molecular weight is 733 g/mol. The van der Waals surface area contributed by atoms with Crippen molar-refractivity contribution >= 4 is 35.0 Å². The number of pyridine rings is 2. The number of ketones is 1. The zero-order valence-corrected chi connectivity index (χ0v) is 29.1. The molecule has 52 heavy (non-hydrogen) atoms. The molecular weight excluding hydrogens is 696 g/mol. The zero-order chi connectivity index (χ0) is 37.6. The Kier molecular flexibility index (Phi) is 17.4. The summed E-state index contributed by atoms with van der Waals surface area (Å²) in [6.45, 7) is -0.449. The minimum absolute atomic E-state index is 0.260. The standard InChI is InChI=1S/C13H13NO3.C12H12N2O3.C7H8N2O2.C4H4ClNO/c15-9-12(16)11-4-1-10(2-5-11)3-6-13-14-7-8-17-13;1-16-12(15)10-4-2-9(8-14-10)3-5-11-13-6-7-17-11;1-11-7(10)6-3-2-5(8)4-9-6;5-3-4-6-1-2-7-4/h1-2,4-5,7-8,15H,3,6,9H2;2,4,6-8H,3,5H2,1H3;2-4H,8H2,1H3;1-2H,3H2. The number of ether oxygens (including phenoxy) is 2. The highest BCUT2D eigenvalue weighted by Gasteiger charge is 2.08. The number of nitrogen functional groups attached to an aromatic ring is 1. The summed E-state index contributed by atoms with van der Waals surface area (Å²) in [6.07, 6.45) is 15.5. The summed E-state index contributed by atoms with van der Waals surface area (Å²) in [6, 6.07) is 13.8. The summed E-state index contributed by atoms with van der Waals surface area (Å²) < 4.78 is 24.0. The number of aliphatic hydroxyl groups is 1. The lowest BCUT2D eigenvalue weighted by atomic mass is 10.1. The van der Waals surface area contributed by atoms with Crippen molar-refractivity contribution in [2.45, 2.75) is 31.6 Å². The number of aromatic nitrogens is 5. The van der Waals surface area contributed by atoms with Crippen LogP contribution in [0.4, 0.5) is 5.69 Å². The van der Waals surface area contributed by atoms with Crippen molar-refractivity contribution in [3.8, 4) is 0 Å². The molecule has 6 rings (SSSR count). The number of aryl methyl sites for hydroxylation is 4. The molecule has 0 bridgehead atoms. The van der Waals surface area contributed by atoms with Crippen molar-refractivity contribution < 1.29 is 42.2 Å². The van der Waals surface area contributed by atoms with Crippen molar-refractivity contribution in [1.29, 1.82) is 0 Å². The Morgan fingerprint density at radius 2 is 1.13 bits per heavy atom. The van der Waals surface area contributed by atoms with Crippen LogP contribution in [0, 0.1) is 0 Å². The molecule has 15 nitrogen and oxygen atoms in total. The van der Waals surface area contributed by atoms with Gasteiger partial charge in [0, 0.05) is 24.6 Å². The molecule has 0 amide bonds. The third-order valence-corrected chi connectivity index (χ3v) is 6.87. The monoisotopic (exact) mass is 732 g/mol. The SMILES string of the molecule is COC(=O)c1ccc(CCc2ncco2)cn1.COC(=O)c1ccc(N)cn1.ClCc1ncco1.O=C(CO)c1ccc(CCc2ncco2)cc1. The number of oxazole rings is 3. The first-order valence-corrected chi connectivity index (χ1v) is 16.1. The second kappa shape index (κ2) is 22.5. The molecule has 0 aliphatic carbocycles. The zero-order valence-electron chi connectivity index (χ0n) is 28.4. The normalized spacial score (nSPS) is 9.92. The second-order valence-electron chi connectivity index (χ2n) is 10.2. The maximum atomic E-state index is 11.2. The first-order valence-electron chi connectivity index (χ1n) is 15.5. The summed E-state index contributed by atoms with van der Waals surface area (Å²) in [5, 5.41) is 8.72. The van der Waals surface area contributed by atoms with Gasteiger partial charge in [-0.05, 0) is 42.2 Å². The number of carbonyl (C=O) groups is 3. The molecule has 0 aliphatic rings. The van der Waals surface area contributed by atoms with Crippen molar-refractivity contribution in [3.05, 3.63) is 144 Å². The molecule has 3 N–H and O–H groups in total. The third-order valence-electron chi connectivity index (χ3n) is 6.64. The van der Waals surface area contributed by atoms with E-state index < -0.39 is 18.5 Å². The lowest BCUT2D eigenvalue weighted by molar-refractivity contribution is 0.0585. The molecule has 16 heteroatoms. The van der Waals surface area contributed by atoms with Crippen LogP contribution < -0.4 is 5.73 Å². The fraction of sp³-hybridized carbons (Fsp3) is 0.222. The smallest absolute Gasteiger partial charge is 0.356 e. The number of aliphatic hydroxyl groups excluding tert-OH is 1. The highest BCUT2D eigenvalue weighted by atomic mass is 35.5. The van der Waals surface area contributed by atoms with Crippen LogP contribution in [0.25, 0.3) is 0 Å². The Labute approximate surface area is 303 Å². The molecular formula is C36H37ClN6O9. The first kappa shape index (κ1) is 40.2. The van der Waals surface area contributed by atoms with E-state index in [9.17, 15) is 14.4 Å². The van der Waals surface area contributed by atoms with E-state index in [0.29, 0.717) is 46.9 Å². The Balaban J connectivity index is 0.000000196. The number of benzene rings is 1. The fourth-order valence-electron chi connectivity index (χ4n) is 3.95. The number of methoxy groups -OCH3 is 2. The molecule has 272 valence electrons. The molecule has 0 unspecified atom stereocenters. The second-order valence-corrected chi connectivity index (χ2v) is 10.5. The topological polar surface area (TPSA) is 220 Å². The fourth-order valence-corrected chi connectivity index (χ4v) is 4.08. The first-order chi connectivity index (χ1) is 25.3. The molecule has 1 aromatic carbocycles. The maximum Gasteiger partial charge on any atom is 0.356 e. The number of carbonyl (C=O) groups excluding carboxylic acids is 3. The number of esters is 2. The van der Waals surface area contributed by atoms with Gasteiger partial charge in [0.05, 0.1) is 50.6 Å². The summed E-state index contributed by atoms with van der Waals surface area (Å²) in [4.78, 5) is 52.7. The van der Waals surface area contributed by atoms with Crippen LogP contribution in [-0.2, 0) is 41.0 Å². The van der Waals surface area contributed by atoms with Crippen LogP contribution in [0.15, 0.2) is 112 Å². The van der Waals surface area contributed by atoms with Crippen LogP contribution in [0.3, 0.4) is 0 Å². The molecule has 0 saturated heterocycles. The van der Waals surface area contributed by atoms with Crippen molar-refractivity contribution in [1.82, 2.24) is 24.9 Å². The van der Waals surface area contributed by atoms with Gasteiger partial charge in [-0.2, -0.15) is 0 Å². The number of nitrogens with zero attached hydrogens (tertiary/aromatic N) is 5. The summed E-state index contributed by atoms with van der Waals surface area (Å²) >= 11 is 5.31. The van der Waals surface area contributed by atoms with Gasteiger partial charge in [-0.3, -0.25) is 4.79 Å². The minimum Gasteiger partial charge on any atom is -0.464 e. The quantitative estimate of drug-likeness (QED) is 0.100. The lowest BCUT2D eigenvalue weighted by Gasteiger charge is -2.01. The number of Topliss-reactive ketones (excluding diaryl/α,β-unsaturated/α-hetero) is 1. The van der Waals surface area contributed by atoms with Crippen LogP contribution in [-0.4, -0.2) is 68.6 Å². The van der Waals surface area contributed by atoms with Gasteiger partial charge in [0.25, 0.3) is 0 Å². The number of rotatable bonds is 11. The van der Waals surface area contributed by atoms with Crippen LogP contribution in [0.1, 0.15) is 60.1 Å².